The van der Waals surface area contributed by atoms with Crippen LogP contribution in [-0.2, 0) is 12.8 Å². The second-order valence-corrected chi connectivity index (χ2v) is 32.3. The third-order valence-corrected chi connectivity index (χ3v) is 23.0. The molecular formula is C93H144BBr3O2. The molecule has 2 nitrogen and oxygen atoms in total. The van der Waals surface area contributed by atoms with Gasteiger partial charge in [-0.15, -0.1) is 0 Å². The molecule has 0 saturated carbocycles. The van der Waals surface area contributed by atoms with Crippen LogP contribution in [0.25, 0.3) is 33.4 Å². The van der Waals surface area contributed by atoms with Crippen molar-refractivity contribution in [1.29, 1.82) is 0 Å². The maximum atomic E-state index is 9.06. The first-order valence-electron chi connectivity index (χ1n) is 40.8. The maximum Gasteiger partial charge on any atom is 0.488 e. The minimum atomic E-state index is -1.40. The fourth-order valence-corrected chi connectivity index (χ4v) is 16.4. The predicted molar refractivity (Wildman–Crippen MR) is 455 cm³/mol. The van der Waals surface area contributed by atoms with E-state index in [2.05, 4.69) is 214 Å². The zero-order chi connectivity index (χ0) is 71.0. The summed E-state index contributed by atoms with van der Waals surface area (Å²) in [6, 6.07) is 44.4. The van der Waals surface area contributed by atoms with Crippen LogP contribution in [0, 0.1) is 0 Å². The topological polar surface area (TPSA) is 40.5 Å². The van der Waals surface area contributed by atoms with Crippen LogP contribution in [0.2, 0.25) is 0 Å². The summed E-state index contributed by atoms with van der Waals surface area (Å²) in [5.74, 6) is 2.36. The summed E-state index contributed by atoms with van der Waals surface area (Å²) in [7, 11) is -1.40. The lowest BCUT2D eigenvalue weighted by molar-refractivity contribution is 0.426. The lowest BCUT2D eigenvalue weighted by Gasteiger charge is -2.22. The highest BCUT2D eigenvalue weighted by atomic mass is 79.9. The van der Waals surface area contributed by atoms with Crippen LogP contribution >= 0.6 is 47.8 Å². The predicted octanol–water partition coefficient (Wildman–Crippen LogP) is 31.9. The smallest absolute Gasteiger partial charge is 0.423 e. The Morgan fingerprint density at radius 2 is 0.495 bits per heavy atom. The first kappa shape index (κ1) is 90.0. The maximum absolute atomic E-state index is 9.06. The first-order chi connectivity index (χ1) is 47.7. The zero-order valence-electron chi connectivity index (χ0n) is 64.2. The molecule has 99 heavy (non-hydrogen) atoms. The molecule has 0 aliphatic carbocycles. The molecule has 2 N–H and O–H groups in total. The van der Waals surface area contributed by atoms with E-state index in [9.17, 15) is 0 Å². The molecule has 6 aromatic carbocycles. The number of benzene rings is 6. The van der Waals surface area contributed by atoms with Crippen LogP contribution in [-0.4, -0.2) is 17.2 Å². The summed E-state index contributed by atoms with van der Waals surface area (Å²) in [4.78, 5) is 0. The molecule has 0 heterocycles. The van der Waals surface area contributed by atoms with Gasteiger partial charge in [-0.25, -0.2) is 0 Å². The molecule has 0 radical (unpaired) electrons. The van der Waals surface area contributed by atoms with Gasteiger partial charge in [0.1, 0.15) is 0 Å². The van der Waals surface area contributed by atoms with Crippen LogP contribution in [0.15, 0.2) is 135 Å². The molecular weight excluding hydrogens is 1400 g/mol. The van der Waals surface area contributed by atoms with Crippen molar-refractivity contribution in [3.05, 3.63) is 168 Å². The third kappa shape index (κ3) is 36.8. The first-order valence-corrected chi connectivity index (χ1v) is 43.1. The lowest BCUT2D eigenvalue weighted by Crippen LogP contribution is -2.29. The number of rotatable bonds is 50. The summed E-state index contributed by atoms with van der Waals surface area (Å²) in [5.41, 5.74) is 17.0. The average Bonchev–Trinajstić information content (AvgIpc) is 0.801. The molecule has 552 valence electrons. The summed E-state index contributed by atoms with van der Waals surface area (Å²) in [5, 5.41) is 18.1. The fraction of sp³-hybridized carbons (Fsp3) is 0.613. The van der Waals surface area contributed by atoms with Gasteiger partial charge in [-0.3, -0.25) is 0 Å². The second kappa shape index (κ2) is 56.2. The van der Waals surface area contributed by atoms with Gasteiger partial charge in [0.15, 0.2) is 0 Å². The summed E-state index contributed by atoms with van der Waals surface area (Å²) >= 11 is 11.9. The van der Waals surface area contributed by atoms with E-state index in [1.807, 2.05) is 12.1 Å². The Hall–Kier alpha value is -3.26. The van der Waals surface area contributed by atoms with Crippen LogP contribution in [0.5, 0.6) is 0 Å². The number of hydrogen-bond acceptors (Lipinski definition) is 2. The second-order valence-electron chi connectivity index (χ2n) is 29.7. The normalized spacial score (nSPS) is 12.4. The summed E-state index contributed by atoms with van der Waals surface area (Å²) in [6.45, 7) is 23.4. The molecule has 0 amide bonds. The minimum Gasteiger partial charge on any atom is -0.423 e. The van der Waals surface area contributed by atoms with Crippen molar-refractivity contribution in [2.24, 2.45) is 0 Å². The van der Waals surface area contributed by atoms with Crippen molar-refractivity contribution in [2.45, 2.75) is 370 Å². The fourth-order valence-electron chi connectivity index (χ4n) is 14.1. The number of halogens is 3. The van der Waals surface area contributed by atoms with Gasteiger partial charge >= 0.3 is 7.12 Å². The highest BCUT2D eigenvalue weighted by Crippen LogP contribution is 2.42. The molecule has 0 aliphatic heterocycles. The van der Waals surface area contributed by atoms with Crippen molar-refractivity contribution >= 4 is 60.4 Å². The van der Waals surface area contributed by atoms with E-state index in [1.54, 1.807) is 12.1 Å². The van der Waals surface area contributed by atoms with Crippen molar-refractivity contribution in [3.63, 3.8) is 0 Å². The molecule has 0 saturated heterocycles. The van der Waals surface area contributed by atoms with E-state index >= 15 is 0 Å². The van der Waals surface area contributed by atoms with E-state index in [-0.39, 0.29) is 7.43 Å². The van der Waals surface area contributed by atoms with Gasteiger partial charge in [-0.1, -0.05) is 440 Å². The standard InChI is InChI=1S/C46H69Br.C30H52Br2.C16H19BO2.CH4/c1-6-9-12-14-16-18-20-22-24-37(4)43-36-46(47)44(38(5)25-23-21-19-17-15-13-10-7-2)35-45(43)42-33-31-41(32-34-42)40-29-27-39(28-30-40)26-11-8-3;1-5-7-9-11-13-15-17-19-21-25(3)27-23-30(32)28(24-29(27)31)26(4)22-20-18-16-14-12-10-8-6-2;1-2-3-4-13-5-7-14(8-6-13)15-9-11-16(12-10-15)17(18)19;/h27-38H,6-26H2,1-5H3;23-26H,5-22H2,1-4H3;5-12,18-19H,2-4H2,1H3;1H4. The van der Waals surface area contributed by atoms with Crippen molar-refractivity contribution in [3.8, 4) is 33.4 Å². The molecule has 0 fully saturated rings. The Morgan fingerprint density at radius 3 is 0.778 bits per heavy atom. The van der Waals surface area contributed by atoms with Gasteiger partial charge < -0.3 is 10.0 Å². The van der Waals surface area contributed by atoms with E-state index < -0.39 is 7.12 Å². The molecule has 4 unspecified atom stereocenters. The molecule has 6 aromatic rings. The molecule has 6 rings (SSSR count). The van der Waals surface area contributed by atoms with Crippen LogP contribution < -0.4 is 5.46 Å². The van der Waals surface area contributed by atoms with Gasteiger partial charge in [-0.05, 0) is 172 Å². The van der Waals surface area contributed by atoms with E-state index in [0.717, 1.165) is 17.5 Å². The van der Waals surface area contributed by atoms with Gasteiger partial charge in [0.05, 0.1) is 0 Å². The molecule has 6 heteroatoms. The van der Waals surface area contributed by atoms with Crippen molar-refractivity contribution in [1.82, 2.24) is 0 Å². The van der Waals surface area contributed by atoms with Gasteiger partial charge in [0, 0.05) is 13.4 Å². The lowest BCUT2D eigenvalue weighted by atomic mass is 9.80. The average molecular weight is 1540 g/mol. The van der Waals surface area contributed by atoms with Crippen LogP contribution in [0.4, 0.5) is 0 Å². The Bertz CT molecular complexity index is 2860. The molecule has 0 aliphatic rings. The van der Waals surface area contributed by atoms with E-state index in [0.29, 0.717) is 29.1 Å². The van der Waals surface area contributed by atoms with Gasteiger partial charge in [0.25, 0.3) is 0 Å². The quantitative estimate of drug-likeness (QED) is 0.0295. The number of aryl methyl sites for hydroxylation is 2. The highest BCUT2D eigenvalue weighted by Gasteiger charge is 2.20. The summed E-state index contributed by atoms with van der Waals surface area (Å²) in [6.07, 6.45) is 56.9. The van der Waals surface area contributed by atoms with Gasteiger partial charge in [0.2, 0.25) is 0 Å². The highest BCUT2D eigenvalue weighted by molar-refractivity contribution is 9.11. The molecule has 0 bridgehead atoms. The SMILES string of the molecule is C.CCCCCCCCCCC(C)c1cc(-c2ccc(-c3ccc(CCCC)cc3)cc2)c(C(C)CCCCCCCCCC)cc1Br.CCCCCCCCCCC(C)c1cc(Br)c(C(C)CCCCCCCCCC)cc1Br.CCCCc1ccc(-c2ccc(B(O)O)cc2)cc1. The largest absolute Gasteiger partial charge is 0.488 e. The van der Waals surface area contributed by atoms with E-state index in [1.165, 1.54) is 332 Å². The van der Waals surface area contributed by atoms with Crippen molar-refractivity contribution < 1.29 is 10.0 Å². The van der Waals surface area contributed by atoms with Crippen molar-refractivity contribution in [2.75, 3.05) is 0 Å². The molecule has 4 atom stereocenters. The van der Waals surface area contributed by atoms with Gasteiger partial charge in [-0.2, -0.15) is 0 Å². The summed E-state index contributed by atoms with van der Waals surface area (Å²) < 4.78 is 3.93. The zero-order valence-corrected chi connectivity index (χ0v) is 68.9. The Labute approximate surface area is 637 Å². The van der Waals surface area contributed by atoms with Crippen LogP contribution in [0.3, 0.4) is 0 Å². The molecule has 0 aromatic heterocycles. The Balaban J connectivity index is 0.000000422. The third-order valence-electron chi connectivity index (χ3n) is 21.0. The van der Waals surface area contributed by atoms with E-state index in [4.69, 9.17) is 10.0 Å². The monoisotopic (exact) mass is 1540 g/mol. The van der Waals surface area contributed by atoms with Crippen LogP contribution in [0.1, 0.15) is 391 Å². The Kier molecular flexibility index (Phi) is 51.0. The Morgan fingerprint density at radius 1 is 0.273 bits per heavy atom. The minimum absolute atomic E-state index is 0. The molecule has 0 spiro atoms. The number of hydrogen-bond donors (Lipinski definition) is 2. The number of unbranched alkanes of at least 4 members (excludes halogenated alkanes) is 30.